The number of nitrogens with zero attached hydrogens (tertiary/aromatic N) is 1. The smallest absolute Gasteiger partial charge is 0.00450 e. The lowest BCUT2D eigenvalue weighted by Gasteiger charge is -2.23. The van der Waals surface area contributed by atoms with Crippen molar-refractivity contribution in [2.45, 2.75) is 19.9 Å². The van der Waals surface area contributed by atoms with E-state index in [-0.39, 0.29) is 0 Å². The molecule has 0 aliphatic carbocycles. The van der Waals surface area contributed by atoms with Crippen LogP contribution in [0.1, 0.15) is 18.9 Å². The fraction of sp³-hybridized carbons (Fsp3) is 0.364. The van der Waals surface area contributed by atoms with Gasteiger partial charge in [-0.25, -0.2) is 0 Å². The minimum atomic E-state index is 0.953. The number of benzene rings is 1. The van der Waals surface area contributed by atoms with Crippen LogP contribution in [0.25, 0.3) is 0 Å². The van der Waals surface area contributed by atoms with Gasteiger partial charge in [0.15, 0.2) is 0 Å². The van der Waals surface area contributed by atoms with Crippen LogP contribution < -0.4 is 0 Å². The molecule has 0 heterocycles. The second kappa shape index (κ2) is 4.94. The molecule has 1 heteroatoms. The minimum Gasteiger partial charge on any atom is -0.456 e. The Morgan fingerprint density at radius 3 is 2.50 bits per heavy atom. The molecule has 0 saturated heterocycles. The molecule has 0 saturated carbocycles. The molecule has 0 N–H and O–H groups in total. The second-order valence-electron chi connectivity index (χ2n) is 3.04. The maximum atomic E-state index is 3.96. The highest BCUT2D eigenvalue weighted by Crippen LogP contribution is 2.03. The molecule has 0 amide bonds. The van der Waals surface area contributed by atoms with Crippen molar-refractivity contribution >= 4 is 0 Å². The molecule has 0 aliphatic rings. The van der Waals surface area contributed by atoms with Gasteiger partial charge in [0.25, 0.3) is 0 Å². The van der Waals surface area contributed by atoms with Gasteiger partial charge in [0, 0.05) is 0 Å². The summed E-state index contributed by atoms with van der Waals surface area (Å²) in [5.41, 5.74) is 1.33. The van der Waals surface area contributed by atoms with Gasteiger partial charge in [-0.05, 0) is 25.1 Å². The molecule has 66 valence electrons. The van der Waals surface area contributed by atoms with Crippen LogP contribution in [0.4, 0.5) is 0 Å². The molecule has 12 heavy (non-hydrogen) atoms. The van der Waals surface area contributed by atoms with Crippen molar-refractivity contribution in [2.75, 3.05) is 6.54 Å². The summed E-state index contributed by atoms with van der Waals surface area (Å²) in [4.78, 5) is 2.09. The van der Waals surface area contributed by atoms with E-state index in [9.17, 15) is 0 Å². The summed E-state index contributed by atoms with van der Waals surface area (Å²) in [6.45, 7) is 4.19. The van der Waals surface area contributed by atoms with Crippen molar-refractivity contribution in [3.8, 4) is 0 Å². The SMILES string of the molecule is [CH2-]N(CCC)Cc1ccccc1. The summed E-state index contributed by atoms with van der Waals surface area (Å²) in [6, 6.07) is 10.4. The number of hydrogen-bond donors (Lipinski definition) is 0. The van der Waals surface area contributed by atoms with E-state index in [1.807, 2.05) is 6.07 Å². The molecular formula is C11H16N-. The Hall–Kier alpha value is -0.820. The summed E-state index contributed by atoms with van der Waals surface area (Å²) in [6.07, 6.45) is 1.16. The molecule has 0 radical (unpaired) electrons. The van der Waals surface area contributed by atoms with E-state index >= 15 is 0 Å². The molecule has 0 aromatic heterocycles. The maximum absolute atomic E-state index is 3.96. The monoisotopic (exact) mass is 162 g/mol. The Morgan fingerprint density at radius 1 is 1.25 bits per heavy atom. The van der Waals surface area contributed by atoms with Gasteiger partial charge in [-0.2, -0.15) is 0 Å². The molecule has 0 spiro atoms. The van der Waals surface area contributed by atoms with Crippen molar-refractivity contribution in [3.63, 3.8) is 0 Å². The van der Waals surface area contributed by atoms with E-state index in [2.05, 4.69) is 43.1 Å². The third kappa shape index (κ3) is 3.05. The van der Waals surface area contributed by atoms with Crippen LogP contribution in [-0.2, 0) is 6.54 Å². The molecule has 1 aromatic carbocycles. The average molecular weight is 162 g/mol. The molecule has 0 bridgehead atoms. The van der Waals surface area contributed by atoms with Crippen molar-refractivity contribution in [3.05, 3.63) is 42.9 Å². The first kappa shape index (κ1) is 9.27. The Kier molecular flexibility index (Phi) is 3.81. The van der Waals surface area contributed by atoms with Crippen LogP contribution >= 0.6 is 0 Å². The Balaban J connectivity index is 2.41. The standard InChI is InChI=1S/C11H16N/c1-3-9-12(2)10-11-7-5-4-6-8-11/h4-8H,2-3,9-10H2,1H3/q-1. The van der Waals surface area contributed by atoms with Crippen molar-refractivity contribution in [2.24, 2.45) is 0 Å². The van der Waals surface area contributed by atoms with Gasteiger partial charge in [0.2, 0.25) is 0 Å². The summed E-state index contributed by atoms with van der Waals surface area (Å²) in [5.74, 6) is 0. The summed E-state index contributed by atoms with van der Waals surface area (Å²) in [5, 5.41) is 0. The molecule has 1 rings (SSSR count). The van der Waals surface area contributed by atoms with E-state index in [0.29, 0.717) is 0 Å². The van der Waals surface area contributed by atoms with Gasteiger partial charge in [-0.15, -0.1) is 0 Å². The Morgan fingerprint density at radius 2 is 1.92 bits per heavy atom. The zero-order valence-corrected chi connectivity index (χ0v) is 7.66. The maximum Gasteiger partial charge on any atom is -0.00450 e. The van der Waals surface area contributed by atoms with Crippen molar-refractivity contribution < 1.29 is 0 Å². The van der Waals surface area contributed by atoms with Crippen LogP contribution in [0.5, 0.6) is 0 Å². The highest BCUT2D eigenvalue weighted by molar-refractivity contribution is 5.14. The summed E-state index contributed by atoms with van der Waals surface area (Å²) >= 11 is 0. The Labute approximate surface area is 75.0 Å². The van der Waals surface area contributed by atoms with Crippen LogP contribution in [0.3, 0.4) is 0 Å². The molecule has 0 fully saturated rings. The zero-order valence-electron chi connectivity index (χ0n) is 7.66. The predicted octanol–water partition coefficient (Wildman–Crippen LogP) is 2.69. The van der Waals surface area contributed by atoms with Crippen LogP contribution in [0, 0.1) is 7.05 Å². The lowest BCUT2D eigenvalue weighted by molar-refractivity contribution is 0.363. The van der Waals surface area contributed by atoms with Gasteiger partial charge >= 0.3 is 0 Å². The summed E-state index contributed by atoms with van der Waals surface area (Å²) in [7, 11) is 3.96. The van der Waals surface area contributed by atoms with Gasteiger partial charge in [-0.1, -0.05) is 37.3 Å². The van der Waals surface area contributed by atoms with Gasteiger partial charge in [0.1, 0.15) is 0 Å². The fourth-order valence-corrected chi connectivity index (χ4v) is 1.24. The van der Waals surface area contributed by atoms with Gasteiger partial charge in [-0.3, -0.25) is 7.05 Å². The average Bonchev–Trinajstić information content (AvgIpc) is 2.06. The van der Waals surface area contributed by atoms with Crippen molar-refractivity contribution in [1.82, 2.24) is 4.90 Å². The van der Waals surface area contributed by atoms with Gasteiger partial charge in [0.05, 0.1) is 0 Å². The third-order valence-corrected chi connectivity index (χ3v) is 1.79. The van der Waals surface area contributed by atoms with E-state index in [0.717, 1.165) is 19.5 Å². The molecule has 1 nitrogen and oxygen atoms in total. The fourth-order valence-electron chi connectivity index (χ4n) is 1.24. The number of rotatable bonds is 4. The lowest BCUT2D eigenvalue weighted by Crippen LogP contribution is -2.15. The van der Waals surface area contributed by atoms with E-state index in [4.69, 9.17) is 0 Å². The minimum absolute atomic E-state index is 0.953. The normalized spacial score (nSPS) is 10.6. The largest absolute Gasteiger partial charge is 0.456 e. The first-order valence-corrected chi connectivity index (χ1v) is 4.42. The van der Waals surface area contributed by atoms with Gasteiger partial charge < -0.3 is 4.90 Å². The van der Waals surface area contributed by atoms with Crippen LogP contribution in [0.2, 0.25) is 0 Å². The van der Waals surface area contributed by atoms with E-state index in [1.54, 1.807) is 0 Å². The molecule has 0 aliphatic heterocycles. The second-order valence-corrected chi connectivity index (χ2v) is 3.04. The van der Waals surface area contributed by atoms with E-state index in [1.165, 1.54) is 5.56 Å². The molecule has 1 aromatic rings. The Bertz CT molecular complexity index is 206. The first-order chi connectivity index (χ1) is 5.83. The quantitative estimate of drug-likeness (QED) is 0.615. The topological polar surface area (TPSA) is 3.24 Å². The number of hydrogen-bond acceptors (Lipinski definition) is 1. The zero-order chi connectivity index (χ0) is 8.81. The van der Waals surface area contributed by atoms with Crippen LogP contribution in [-0.4, -0.2) is 11.4 Å². The predicted molar refractivity (Wildman–Crippen MR) is 52.5 cm³/mol. The molecule has 0 atom stereocenters. The highest BCUT2D eigenvalue weighted by Gasteiger charge is 1.91. The third-order valence-electron chi connectivity index (χ3n) is 1.79. The first-order valence-electron chi connectivity index (χ1n) is 4.42. The molecule has 0 unspecified atom stereocenters. The van der Waals surface area contributed by atoms with Crippen LogP contribution in [0.15, 0.2) is 30.3 Å². The van der Waals surface area contributed by atoms with E-state index < -0.39 is 0 Å². The highest BCUT2D eigenvalue weighted by atomic mass is 15.1. The summed E-state index contributed by atoms with van der Waals surface area (Å²) < 4.78 is 0. The lowest BCUT2D eigenvalue weighted by atomic mass is 10.2. The van der Waals surface area contributed by atoms with Crippen molar-refractivity contribution in [1.29, 1.82) is 0 Å². The molecular weight excluding hydrogens is 146 g/mol.